The molecule has 2 rings (SSSR count). The number of hydrogen-bond acceptors (Lipinski definition) is 3. The van der Waals surface area contributed by atoms with E-state index in [1.54, 1.807) is 6.20 Å². The maximum atomic E-state index is 11.8. The average Bonchev–Trinajstić information content (AvgIpc) is 2.77. The van der Waals surface area contributed by atoms with Gasteiger partial charge >= 0.3 is 5.97 Å². The molecule has 100 valence electrons. The summed E-state index contributed by atoms with van der Waals surface area (Å²) in [5.74, 6) is -0.294. The molecule has 0 saturated carbocycles. The van der Waals surface area contributed by atoms with Gasteiger partial charge in [-0.05, 0) is 31.5 Å². The Morgan fingerprint density at radius 2 is 2.26 bits per heavy atom. The second-order valence-electron chi connectivity index (χ2n) is 4.41. The normalized spacial score (nSPS) is 10.5. The molecule has 0 saturated heterocycles. The van der Waals surface area contributed by atoms with Crippen LogP contribution in [0.2, 0.25) is 0 Å². The molecule has 4 nitrogen and oxygen atoms in total. The Morgan fingerprint density at radius 1 is 1.47 bits per heavy atom. The van der Waals surface area contributed by atoms with Crippen LogP contribution in [-0.2, 0) is 11.3 Å². The number of ether oxygens (including phenoxy) is 1. The third-order valence-electron chi connectivity index (χ3n) is 3.18. The summed E-state index contributed by atoms with van der Waals surface area (Å²) in [5, 5.41) is 0. The number of aromatic nitrogens is 2. The lowest BCUT2D eigenvalue weighted by Gasteiger charge is -2.10. The maximum Gasteiger partial charge on any atom is 0.339 e. The van der Waals surface area contributed by atoms with Crippen LogP contribution in [0.25, 0.3) is 11.3 Å². The summed E-state index contributed by atoms with van der Waals surface area (Å²) in [7, 11) is 1.41. The predicted octanol–water partition coefficient (Wildman–Crippen LogP) is 3.06. The molecule has 19 heavy (non-hydrogen) atoms. The van der Waals surface area contributed by atoms with Crippen molar-refractivity contribution in [1.29, 1.82) is 0 Å². The highest BCUT2D eigenvalue weighted by Gasteiger charge is 2.18. The minimum Gasteiger partial charge on any atom is -0.465 e. The van der Waals surface area contributed by atoms with Gasteiger partial charge in [-0.3, -0.25) is 4.98 Å². The topological polar surface area (TPSA) is 44.1 Å². The summed E-state index contributed by atoms with van der Waals surface area (Å²) < 4.78 is 6.97. The van der Waals surface area contributed by atoms with Gasteiger partial charge < -0.3 is 9.30 Å². The van der Waals surface area contributed by atoms with Gasteiger partial charge in [-0.15, -0.1) is 0 Å². The van der Waals surface area contributed by atoms with E-state index >= 15 is 0 Å². The highest BCUT2D eigenvalue weighted by Crippen LogP contribution is 2.26. The van der Waals surface area contributed by atoms with Crippen LogP contribution in [0, 0.1) is 6.92 Å². The van der Waals surface area contributed by atoms with Crippen LogP contribution in [0.1, 0.15) is 29.4 Å². The molecule has 0 atom stereocenters. The van der Waals surface area contributed by atoms with Crippen molar-refractivity contribution in [3.05, 3.63) is 41.9 Å². The molecule has 4 heteroatoms. The molecule has 0 unspecified atom stereocenters. The number of carbonyl (C=O) groups is 1. The zero-order chi connectivity index (χ0) is 13.8. The molecule has 2 heterocycles. The number of pyridine rings is 1. The number of nitrogens with zero attached hydrogens (tertiary/aromatic N) is 2. The third kappa shape index (κ3) is 2.52. The van der Waals surface area contributed by atoms with Crippen LogP contribution >= 0.6 is 0 Å². The number of methoxy groups -OCH3 is 1. The number of hydrogen-bond donors (Lipinski definition) is 0. The molecule has 2 aromatic rings. The van der Waals surface area contributed by atoms with E-state index in [2.05, 4.69) is 16.5 Å². The molecule has 0 radical (unpaired) electrons. The van der Waals surface area contributed by atoms with Gasteiger partial charge in [0.1, 0.15) is 0 Å². The minimum absolute atomic E-state index is 0.294. The second kappa shape index (κ2) is 5.69. The fourth-order valence-electron chi connectivity index (χ4n) is 2.23. The second-order valence-corrected chi connectivity index (χ2v) is 4.41. The summed E-state index contributed by atoms with van der Waals surface area (Å²) in [4.78, 5) is 15.9. The summed E-state index contributed by atoms with van der Waals surface area (Å²) >= 11 is 0. The average molecular weight is 258 g/mol. The smallest absolute Gasteiger partial charge is 0.339 e. The van der Waals surface area contributed by atoms with Crippen molar-refractivity contribution in [1.82, 2.24) is 9.55 Å². The van der Waals surface area contributed by atoms with Gasteiger partial charge in [0.15, 0.2) is 0 Å². The number of rotatable bonds is 4. The molecule has 0 amide bonds. The minimum atomic E-state index is -0.294. The maximum absolute atomic E-state index is 11.8. The molecule has 2 aromatic heterocycles. The van der Waals surface area contributed by atoms with Crippen LogP contribution < -0.4 is 0 Å². The Balaban J connectivity index is 2.56. The van der Waals surface area contributed by atoms with Gasteiger partial charge in [-0.1, -0.05) is 6.92 Å². The van der Waals surface area contributed by atoms with Gasteiger partial charge in [-0.25, -0.2) is 4.79 Å². The highest BCUT2D eigenvalue weighted by molar-refractivity contribution is 5.92. The summed E-state index contributed by atoms with van der Waals surface area (Å²) in [6, 6.07) is 5.77. The highest BCUT2D eigenvalue weighted by atomic mass is 16.5. The van der Waals surface area contributed by atoms with Crippen molar-refractivity contribution in [2.45, 2.75) is 26.8 Å². The summed E-state index contributed by atoms with van der Waals surface area (Å²) in [5.41, 5.74) is 3.57. The van der Waals surface area contributed by atoms with Gasteiger partial charge in [0.2, 0.25) is 0 Å². The fourth-order valence-corrected chi connectivity index (χ4v) is 2.23. The standard InChI is InChI=1S/C15H18N2O2/c1-4-8-17-11(2)13(15(18)19-3)9-14(17)12-6-5-7-16-10-12/h5-7,9-10H,4,8H2,1-3H3. The van der Waals surface area contributed by atoms with Crippen molar-refractivity contribution in [2.75, 3.05) is 7.11 Å². The van der Waals surface area contributed by atoms with Crippen LogP contribution in [0.5, 0.6) is 0 Å². The Morgan fingerprint density at radius 3 is 2.84 bits per heavy atom. The molecule has 0 aliphatic rings. The quantitative estimate of drug-likeness (QED) is 0.792. The SMILES string of the molecule is CCCn1c(-c2cccnc2)cc(C(=O)OC)c1C. The summed E-state index contributed by atoms with van der Waals surface area (Å²) in [6.45, 7) is 4.93. The predicted molar refractivity (Wildman–Crippen MR) is 74.0 cm³/mol. The van der Waals surface area contributed by atoms with E-state index in [0.717, 1.165) is 29.9 Å². The van der Waals surface area contributed by atoms with Gasteiger partial charge in [0.05, 0.1) is 18.4 Å². The van der Waals surface area contributed by atoms with Gasteiger partial charge in [0.25, 0.3) is 0 Å². The van der Waals surface area contributed by atoms with E-state index in [9.17, 15) is 4.79 Å². The van der Waals surface area contributed by atoms with E-state index in [0.29, 0.717) is 5.56 Å². The van der Waals surface area contributed by atoms with Crippen molar-refractivity contribution >= 4 is 5.97 Å². The number of esters is 1. The largest absolute Gasteiger partial charge is 0.465 e. The van der Waals surface area contributed by atoms with Crippen LogP contribution in [0.3, 0.4) is 0 Å². The first kappa shape index (κ1) is 13.3. The molecular formula is C15H18N2O2. The van der Waals surface area contributed by atoms with E-state index in [1.165, 1.54) is 7.11 Å². The molecule has 0 fully saturated rings. The zero-order valence-electron chi connectivity index (χ0n) is 11.5. The molecule has 0 aliphatic carbocycles. The van der Waals surface area contributed by atoms with Gasteiger partial charge in [0, 0.05) is 30.2 Å². The Bertz CT molecular complexity index is 573. The Hall–Kier alpha value is -2.10. The van der Waals surface area contributed by atoms with Crippen molar-refractivity contribution < 1.29 is 9.53 Å². The molecule has 0 N–H and O–H groups in total. The van der Waals surface area contributed by atoms with Crippen molar-refractivity contribution in [3.63, 3.8) is 0 Å². The monoisotopic (exact) mass is 258 g/mol. The first-order chi connectivity index (χ1) is 9.19. The molecule has 0 aliphatic heterocycles. The zero-order valence-corrected chi connectivity index (χ0v) is 11.5. The lowest BCUT2D eigenvalue weighted by molar-refractivity contribution is 0.0600. The third-order valence-corrected chi connectivity index (χ3v) is 3.18. The van der Waals surface area contributed by atoms with E-state index in [4.69, 9.17) is 4.74 Å². The lowest BCUT2D eigenvalue weighted by atomic mass is 10.2. The first-order valence-electron chi connectivity index (χ1n) is 6.37. The van der Waals surface area contributed by atoms with E-state index in [1.807, 2.05) is 31.3 Å². The van der Waals surface area contributed by atoms with Crippen LogP contribution in [0.15, 0.2) is 30.6 Å². The van der Waals surface area contributed by atoms with Crippen molar-refractivity contribution in [2.24, 2.45) is 0 Å². The van der Waals surface area contributed by atoms with E-state index in [-0.39, 0.29) is 5.97 Å². The molecular weight excluding hydrogens is 240 g/mol. The van der Waals surface area contributed by atoms with Crippen LogP contribution in [0.4, 0.5) is 0 Å². The Labute approximate surface area is 113 Å². The Kier molecular flexibility index (Phi) is 4.00. The lowest BCUT2D eigenvalue weighted by Crippen LogP contribution is -2.05. The van der Waals surface area contributed by atoms with Crippen LogP contribution in [-0.4, -0.2) is 22.6 Å². The molecule has 0 spiro atoms. The van der Waals surface area contributed by atoms with Crippen molar-refractivity contribution in [3.8, 4) is 11.3 Å². The molecule has 0 bridgehead atoms. The summed E-state index contributed by atoms with van der Waals surface area (Å²) in [6.07, 6.45) is 4.55. The first-order valence-corrected chi connectivity index (χ1v) is 6.37. The number of carbonyl (C=O) groups excluding carboxylic acids is 1. The fraction of sp³-hybridized carbons (Fsp3) is 0.333. The molecule has 0 aromatic carbocycles. The van der Waals surface area contributed by atoms with E-state index < -0.39 is 0 Å². The van der Waals surface area contributed by atoms with Gasteiger partial charge in [-0.2, -0.15) is 0 Å².